The van der Waals surface area contributed by atoms with Crippen LogP contribution in [-0.4, -0.2) is 9.97 Å². The molecule has 4 aromatic carbocycles. The van der Waals surface area contributed by atoms with Crippen molar-refractivity contribution in [3.8, 4) is 0 Å². The first-order valence-electron chi connectivity index (χ1n) is 13.8. The minimum absolute atomic E-state index is 0.192. The second kappa shape index (κ2) is 8.72. The molecule has 0 spiro atoms. The van der Waals surface area contributed by atoms with Gasteiger partial charge in [0.1, 0.15) is 0 Å². The lowest BCUT2D eigenvalue weighted by Gasteiger charge is -2.20. The molecule has 2 unspecified atom stereocenters. The van der Waals surface area contributed by atoms with Gasteiger partial charge < -0.3 is 0 Å². The lowest BCUT2D eigenvalue weighted by molar-refractivity contribution is 0.724. The maximum Gasteiger partial charge on any atom is 0.0975 e. The zero-order valence-corrected chi connectivity index (χ0v) is 22.9. The molecule has 0 N–H and O–H groups in total. The Hall–Kier alpha value is -4.08. The number of benzene rings is 4. The number of allylic oxidation sites excluding steroid dienone is 5. The monoisotopic (exact) mass is 520 g/mol. The van der Waals surface area contributed by atoms with Crippen LogP contribution < -0.4 is 0 Å². The Labute approximate surface area is 232 Å². The summed E-state index contributed by atoms with van der Waals surface area (Å²) in [5, 5.41) is 6.24. The van der Waals surface area contributed by atoms with E-state index < -0.39 is 0 Å². The smallest absolute Gasteiger partial charge is 0.0975 e. The lowest BCUT2D eigenvalue weighted by Crippen LogP contribution is -2.05. The third-order valence-corrected chi connectivity index (χ3v) is 9.67. The molecule has 0 bridgehead atoms. The minimum Gasteiger partial charge on any atom is -0.252 e. The molecule has 0 amide bonds. The first-order valence-corrected chi connectivity index (χ1v) is 14.6. The summed E-state index contributed by atoms with van der Waals surface area (Å²) in [6.07, 6.45) is 15.6. The van der Waals surface area contributed by atoms with E-state index in [0.717, 1.165) is 35.0 Å². The summed E-state index contributed by atoms with van der Waals surface area (Å²) in [5.41, 5.74) is 8.64. The highest BCUT2D eigenvalue weighted by Crippen LogP contribution is 2.44. The predicted molar refractivity (Wildman–Crippen MR) is 167 cm³/mol. The van der Waals surface area contributed by atoms with Gasteiger partial charge in [-0.05, 0) is 70.2 Å². The molecule has 2 aliphatic carbocycles. The van der Waals surface area contributed by atoms with Crippen LogP contribution >= 0.6 is 11.3 Å². The largest absolute Gasteiger partial charge is 0.252 e. The van der Waals surface area contributed by atoms with Crippen LogP contribution in [-0.2, 0) is 6.42 Å². The Bertz CT molecular complexity index is 2020. The third-order valence-electron chi connectivity index (χ3n) is 8.42. The maximum atomic E-state index is 5.30. The minimum atomic E-state index is 0.192. The van der Waals surface area contributed by atoms with Crippen molar-refractivity contribution in [2.24, 2.45) is 5.92 Å². The third kappa shape index (κ3) is 3.60. The predicted octanol–water partition coefficient (Wildman–Crippen LogP) is 9.79. The van der Waals surface area contributed by atoms with E-state index in [-0.39, 0.29) is 5.92 Å². The Morgan fingerprint density at radius 2 is 1.56 bits per heavy atom. The highest BCUT2D eigenvalue weighted by molar-refractivity contribution is 7.20. The molecule has 2 atom stereocenters. The van der Waals surface area contributed by atoms with Crippen LogP contribution in [0.15, 0.2) is 91.2 Å². The molecule has 0 saturated heterocycles. The maximum absolute atomic E-state index is 5.30. The summed E-state index contributed by atoms with van der Waals surface area (Å²) in [6, 6.07) is 21.9. The average molecular weight is 521 g/mol. The zero-order chi connectivity index (χ0) is 26.1. The summed E-state index contributed by atoms with van der Waals surface area (Å²) in [7, 11) is 0. The molecule has 0 fully saturated rings. The molecule has 39 heavy (non-hydrogen) atoms. The number of fused-ring (bicyclic) bond motifs is 9. The van der Waals surface area contributed by atoms with Gasteiger partial charge in [-0.3, -0.25) is 4.98 Å². The fraction of sp³-hybridized carbons (Fsp3) is 0.167. The van der Waals surface area contributed by atoms with Crippen LogP contribution in [0.1, 0.15) is 46.5 Å². The first-order chi connectivity index (χ1) is 19.1. The van der Waals surface area contributed by atoms with Gasteiger partial charge in [-0.25, -0.2) is 4.98 Å². The standard InChI is InChI=1S/C36H28N2S/c1-21-14-15-33-30(16-21)31-18-22(2)17-29(36(31)39-33)23-8-7-9-24(19-23)32-20-37-34-27-12-5-3-10-25(27)26-11-4-6-13-28(26)35(34)38-32/h3-15,17-18,20-21,24H,16,19H2,1-2H3. The number of nitrogens with zero attached hydrogens (tertiary/aromatic N) is 2. The first kappa shape index (κ1) is 22.9. The van der Waals surface area contributed by atoms with E-state index in [1.165, 1.54) is 53.4 Å². The molecule has 3 heteroatoms. The SMILES string of the molecule is Cc1cc(C2=CC=CC(c3cnc4c5ccccc5c5ccccc5c4n3)C2)c2sc3c(c2c1)CC(C)C=C3. The highest BCUT2D eigenvalue weighted by Gasteiger charge is 2.23. The van der Waals surface area contributed by atoms with Gasteiger partial charge in [-0.1, -0.05) is 91.9 Å². The van der Waals surface area contributed by atoms with Gasteiger partial charge in [0, 0.05) is 32.5 Å². The van der Waals surface area contributed by atoms with E-state index >= 15 is 0 Å². The van der Waals surface area contributed by atoms with E-state index in [1.807, 2.05) is 17.5 Å². The van der Waals surface area contributed by atoms with Crippen molar-refractivity contribution in [1.82, 2.24) is 9.97 Å². The van der Waals surface area contributed by atoms with Gasteiger partial charge in [0.25, 0.3) is 0 Å². The highest BCUT2D eigenvalue weighted by atomic mass is 32.1. The van der Waals surface area contributed by atoms with Gasteiger partial charge in [-0.2, -0.15) is 0 Å². The fourth-order valence-electron chi connectivity index (χ4n) is 6.53. The second-order valence-corrected chi connectivity index (χ2v) is 12.2. The molecule has 0 saturated carbocycles. The van der Waals surface area contributed by atoms with Crippen LogP contribution in [0.4, 0.5) is 0 Å². The number of aryl methyl sites for hydroxylation is 1. The molecule has 0 aliphatic heterocycles. The van der Waals surface area contributed by atoms with E-state index in [0.29, 0.717) is 5.92 Å². The summed E-state index contributed by atoms with van der Waals surface area (Å²) >= 11 is 1.95. The van der Waals surface area contributed by atoms with Crippen LogP contribution in [0, 0.1) is 12.8 Å². The van der Waals surface area contributed by atoms with Gasteiger partial charge in [0.05, 0.1) is 16.7 Å². The Balaban J connectivity index is 1.24. The van der Waals surface area contributed by atoms with Crippen molar-refractivity contribution in [3.63, 3.8) is 0 Å². The van der Waals surface area contributed by atoms with Crippen LogP contribution in [0.5, 0.6) is 0 Å². The molecule has 2 aliphatic rings. The normalized spacial score (nSPS) is 18.8. The summed E-state index contributed by atoms with van der Waals surface area (Å²) in [4.78, 5) is 11.8. The van der Waals surface area contributed by atoms with Crippen molar-refractivity contribution in [1.29, 1.82) is 0 Å². The summed E-state index contributed by atoms with van der Waals surface area (Å²) in [6.45, 7) is 4.55. The zero-order valence-electron chi connectivity index (χ0n) is 22.1. The van der Waals surface area contributed by atoms with Gasteiger partial charge >= 0.3 is 0 Å². The lowest BCUT2D eigenvalue weighted by atomic mass is 9.86. The Kier molecular flexibility index (Phi) is 5.11. The molecular weight excluding hydrogens is 492 g/mol. The molecule has 8 rings (SSSR count). The van der Waals surface area contributed by atoms with Crippen molar-refractivity contribution < 1.29 is 0 Å². The van der Waals surface area contributed by atoms with Crippen molar-refractivity contribution >= 4 is 65.7 Å². The van der Waals surface area contributed by atoms with Crippen LogP contribution in [0.25, 0.3) is 54.3 Å². The van der Waals surface area contributed by atoms with Crippen LogP contribution in [0.3, 0.4) is 0 Å². The average Bonchev–Trinajstić information content (AvgIpc) is 3.34. The van der Waals surface area contributed by atoms with E-state index in [1.54, 1.807) is 0 Å². The van der Waals surface area contributed by atoms with Crippen molar-refractivity contribution in [2.75, 3.05) is 0 Å². The van der Waals surface area contributed by atoms with E-state index in [4.69, 9.17) is 9.97 Å². The van der Waals surface area contributed by atoms with Gasteiger partial charge in [0.2, 0.25) is 0 Å². The molecular formula is C36H28N2S. The molecule has 2 nitrogen and oxygen atoms in total. The molecule has 2 heterocycles. The summed E-state index contributed by atoms with van der Waals surface area (Å²) < 4.78 is 1.42. The Morgan fingerprint density at radius 1 is 0.821 bits per heavy atom. The topological polar surface area (TPSA) is 25.8 Å². The summed E-state index contributed by atoms with van der Waals surface area (Å²) in [5.74, 6) is 0.789. The number of rotatable bonds is 2. The quantitative estimate of drug-likeness (QED) is 0.212. The van der Waals surface area contributed by atoms with Crippen molar-refractivity contribution in [3.05, 3.63) is 118 Å². The number of hydrogen-bond acceptors (Lipinski definition) is 3. The molecule has 188 valence electrons. The van der Waals surface area contributed by atoms with Gasteiger partial charge in [0.15, 0.2) is 0 Å². The Morgan fingerprint density at radius 3 is 2.36 bits per heavy atom. The van der Waals surface area contributed by atoms with Gasteiger partial charge in [-0.15, -0.1) is 11.3 Å². The van der Waals surface area contributed by atoms with E-state index in [2.05, 4.69) is 105 Å². The molecule has 0 radical (unpaired) electrons. The fourth-order valence-corrected chi connectivity index (χ4v) is 7.81. The molecule has 2 aromatic heterocycles. The second-order valence-electron chi connectivity index (χ2n) is 11.1. The van der Waals surface area contributed by atoms with E-state index in [9.17, 15) is 0 Å². The number of hydrogen-bond donors (Lipinski definition) is 0. The number of aromatic nitrogens is 2. The number of thiophene rings is 1. The molecule has 6 aromatic rings. The van der Waals surface area contributed by atoms with Crippen LogP contribution in [0.2, 0.25) is 0 Å². The van der Waals surface area contributed by atoms with Crippen molar-refractivity contribution in [2.45, 2.75) is 32.6 Å².